The second kappa shape index (κ2) is 7.47. The Morgan fingerprint density at radius 2 is 2.15 bits per heavy atom. The number of carbonyl (C=O) groups is 1. The Kier molecular flexibility index (Phi) is 5.64. The van der Waals surface area contributed by atoms with Crippen molar-refractivity contribution in [3.8, 4) is 5.75 Å². The van der Waals surface area contributed by atoms with Gasteiger partial charge in [0.15, 0.2) is 0 Å². The van der Waals surface area contributed by atoms with Crippen LogP contribution in [0.25, 0.3) is 0 Å². The number of amides is 1. The fraction of sp³-hybridized carbons (Fsp3) is 0.500. The Bertz CT molecular complexity index is 431. The minimum atomic E-state index is -0.384. The van der Waals surface area contributed by atoms with Gasteiger partial charge in [0.25, 0.3) is 0 Å². The first kappa shape index (κ1) is 15.1. The number of halogens is 1. The molecular formula is C14H19ClN2O3. The first-order valence-corrected chi connectivity index (χ1v) is 7.06. The molecule has 2 atom stereocenters. The summed E-state index contributed by atoms with van der Waals surface area (Å²) in [5.41, 5.74) is 5.71. The van der Waals surface area contributed by atoms with Gasteiger partial charge in [-0.3, -0.25) is 4.79 Å². The van der Waals surface area contributed by atoms with Crippen LogP contribution in [-0.4, -0.2) is 37.8 Å². The van der Waals surface area contributed by atoms with Gasteiger partial charge in [0.1, 0.15) is 18.5 Å². The van der Waals surface area contributed by atoms with Crippen LogP contribution < -0.4 is 15.8 Å². The quantitative estimate of drug-likeness (QED) is 0.805. The van der Waals surface area contributed by atoms with E-state index in [4.69, 9.17) is 26.8 Å². The molecule has 5 nitrogen and oxygen atoms in total. The Labute approximate surface area is 123 Å². The zero-order chi connectivity index (χ0) is 14.4. The highest BCUT2D eigenvalue weighted by atomic mass is 35.5. The summed E-state index contributed by atoms with van der Waals surface area (Å²) in [7, 11) is 0. The topological polar surface area (TPSA) is 73.6 Å². The van der Waals surface area contributed by atoms with Gasteiger partial charge in [-0.1, -0.05) is 11.6 Å². The van der Waals surface area contributed by atoms with Gasteiger partial charge in [0, 0.05) is 11.1 Å². The molecule has 0 unspecified atom stereocenters. The summed E-state index contributed by atoms with van der Waals surface area (Å²) in [6.07, 6.45) is 1.11. The van der Waals surface area contributed by atoms with Crippen LogP contribution in [0, 0.1) is 0 Å². The number of hydrogen-bond donors (Lipinski definition) is 2. The van der Waals surface area contributed by atoms with Gasteiger partial charge >= 0.3 is 0 Å². The maximum absolute atomic E-state index is 11.8. The molecule has 1 aromatic rings. The normalized spacial score (nSPS) is 22.3. The van der Waals surface area contributed by atoms with E-state index in [1.165, 1.54) is 0 Å². The molecule has 20 heavy (non-hydrogen) atoms. The Balaban J connectivity index is 1.63. The average molecular weight is 299 g/mol. The Morgan fingerprint density at radius 1 is 1.40 bits per heavy atom. The van der Waals surface area contributed by atoms with E-state index in [1.807, 2.05) is 0 Å². The Hall–Kier alpha value is -1.30. The molecule has 0 saturated carbocycles. The summed E-state index contributed by atoms with van der Waals surface area (Å²) in [6, 6.07) is 7.14. The summed E-state index contributed by atoms with van der Waals surface area (Å²) in [4.78, 5) is 11.8. The molecule has 1 aromatic carbocycles. The minimum absolute atomic E-state index is 0.0484. The Morgan fingerprint density at radius 3 is 2.80 bits per heavy atom. The van der Waals surface area contributed by atoms with Crippen LogP contribution in [0.3, 0.4) is 0 Å². The molecule has 0 aliphatic carbocycles. The number of nitrogens with one attached hydrogen (secondary N) is 1. The summed E-state index contributed by atoms with van der Waals surface area (Å²) >= 11 is 5.78. The van der Waals surface area contributed by atoms with Crippen molar-refractivity contribution in [3.05, 3.63) is 29.3 Å². The van der Waals surface area contributed by atoms with E-state index >= 15 is 0 Å². The molecule has 1 heterocycles. The van der Waals surface area contributed by atoms with Gasteiger partial charge in [-0.2, -0.15) is 0 Å². The van der Waals surface area contributed by atoms with Crippen LogP contribution in [0.1, 0.15) is 12.8 Å². The zero-order valence-corrected chi connectivity index (χ0v) is 11.9. The zero-order valence-electron chi connectivity index (χ0n) is 11.2. The van der Waals surface area contributed by atoms with Crippen molar-refractivity contribution in [1.82, 2.24) is 5.32 Å². The van der Waals surface area contributed by atoms with Crippen LogP contribution in [0.15, 0.2) is 24.3 Å². The molecule has 0 aromatic heterocycles. The second-order valence-corrected chi connectivity index (χ2v) is 5.19. The molecule has 0 bridgehead atoms. The van der Waals surface area contributed by atoms with E-state index in [-0.39, 0.29) is 18.1 Å². The van der Waals surface area contributed by atoms with Crippen LogP contribution in [0.2, 0.25) is 5.02 Å². The van der Waals surface area contributed by atoms with Gasteiger partial charge < -0.3 is 20.5 Å². The molecule has 0 spiro atoms. The SMILES string of the molecule is N[C@@H]1CC[C@@H](C(=O)NCCOc2ccc(Cl)cc2)OC1. The largest absolute Gasteiger partial charge is 0.492 e. The van der Waals surface area contributed by atoms with E-state index < -0.39 is 0 Å². The van der Waals surface area contributed by atoms with Gasteiger partial charge in [0.05, 0.1) is 13.2 Å². The number of nitrogens with two attached hydrogens (primary N) is 1. The van der Waals surface area contributed by atoms with Gasteiger partial charge in [-0.25, -0.2) is 0 Å². The number of carbonyl (C=O) groups excluding carboxylic acids is 1. The lowest BCUT2D eigenvalue weighted by molar-refractivity contribution is -0.136. The maximum atomic E-state index is 11.8. The lowest BCUT2D eigenvalue weighted by Gasteiger charge is -2.25. The maximum Gasteiger partial charge on any atom is 0.249 e. The lowest BCUT2D eigenvalue weighted by Crippen LogP contribution is -2.44. The number of hydrogen-bond acceptors (Lipinski definition) is 4. The smallest absolute Gasteiger partial charge is 0.249 e. The van der Waals surface area contributed by atoms with Gasteiger partial charge in [0.2, 0.25) is 5.91 Å². The highest BCUT2D eigenvalue weighted by Gasteiger charge is 2.24. The van der Waals surface area contributed by atoms with E-state index in [0.717, 1.165) is 12.2 Å². The van der Waals surface area contributed by atoms with Crippen LogP contribution in [0.4, 0.5) is 0 Å². The lowest BCUT2D eigenvalue weighted by atomic mass is 10.1. The second-order valence-electron chi connectivity index (χ2n) is 4.75. The van der Waals surface area contributed by atoms with E-state index in [2.05, 4.69) is 5.32 Å². The molecule has 1 amide bonds. The van der Waals surface area contributed by atoms with Crippen molar-refractivity contribution in [2.24, 2.45) is 5.73 Å². The van der Waals surface area contributed by atoms with Gasteiger partial charge in [-0.05, 0) is 37.1 Å². The van der Waals surface area contributed by atoms with E-state index in [9.17, 15) is 4.79 Å². The number of ether oxygens (including phenoxy) is 2. The molecule has 1 fully saturated rings. The minimum Gasteiger partial charge on any atom is -0.492 e. The van der Waals surface area contributed by atoms with Gasteiger partial charge in [-0.15, -0.1) is 0 Å². The summed E-state index contributed by atoms with van der Waals surface area (Å²) in [5, 5.41) is 3.46. The van der Waals surface area contributed by atoms with Crippen LogP contribution in [-0.2, 0) is 9.53 Å². The summed E-state index contributed by atoms with van der Waals surface area (Å²) in [6.45, 7) is 1.28. The summed E-state index contributed by atoms with van der Waals surface area (Å²) in [5.74, 6) is 0.625. The third-order valence-corrected chi connectivity index (χ3v) is 3.34. The van der Waals surface area contributed by atoms with Crippen molar-refractivity contribution < 1.29 is 14.3 Å². The first-order chi connectivity index (χ1) is 9.65. The molecule has 2 rings (SSSR count). The highest BCUT2D eigenvalue weighted by Crippen LogP contribution is 2.15. The average Bonchev–Trinajstić information content (AvgIpc) is 2.46. The molecule has 1 aliphatic heterocycles. The van der Waals surface area contributed by atoms with E-state index in [1.54, 1.807) is 24.3 Å². The molecule has 1 aliphatic rings. The molecule has 3 N–H and O–H groups in total. The molecule has 1 saturated heterocycles. The van der Waals surface area contributed by atoms with Crippen molar-refractivity contribution in [2.45, 2.75) is 25.0 Å². The van der Waals surface area contributed by atoms with Crippen molar-refractivity contribution in [3.63, 3.8) is 0 Å². The fourth-order valence-corrected chi connectivity index (χ4v) is 2.09. The fourth-order valence-electron chi connectivity index (χ4n) is 1.97. The van der Waals surface area contributed by atoms with Crippen LogP contribution >= 0.6 is 11.6 Å². The predicted octanol–water partition coefficient (Wildman–Crippen LogP) is 1.34. The van der Waals surface area contributed by atoms with Crippen molar-refractivity contribution in [1.29, 1.82) is 0 Å². The standard InChI is InChI=1S/C14H19ClN2O3/c15-10-1-4-12(5-2-10)19-8-7-17-14(18)13-6-3-11(16)9-20-13/h1-2,4-5,11,13H,3,6-9,16H2,(H,17,18)/t11-,13+/m1/s1. The summed E-state index contributed by atoms with van der Waals surface area (Å²) < 4.78 is 10.9. The highest BCUT2D eigenvalue weighted by molar-refractivity contribution is 6.30. The molecule has 6 heteroatoms. The van der Waals surface area contributed by atoms with Crippen molar-refractivity contribution >= 4 is 17.5 Å². The van der Waals surface area contributed by atoms with E-state index in [0.29, 0.717) is 31.2 Å². The number of benzene rings is 1. The number of rotatable bonds is 5. The third-order valence-electron chi connectivity index (χ3n) is 3.09. The third kappa shape index (κ3) is 4.67. The predicted molar refractivity (Wildman–Crippen MR) is 76.9 cm³/mol. The monoisotopic (exact) mass is 298 g/mol. The molecule has 110 valence electrons. The molecular weight excluding hydrogens is 280 g/mol. The van der Waals surface area contributed by atoms with Crippen LogP contribution in [0.5, 0.6) is 5.75 Å². The first-order valence-electron chi connectivity index (χ1n) is 6.68. The molecule has 0 radical (unpaired) electrons. The van der Waals surface area contributed by atoms with Crippen molar-refractivity contribution in [2.75, 3.05) is 19.8 Å².